The van der Waals surface area contributed by atoms with Crippen LogP contribution in [0.4, 0.5) is 0 Å². The van der Waals surface area contributed by atoms with Crippen molar-refractivity contribution in [1.29, 1.82) is 0 Å². The molecule has 1 aromatic rings. The number of benzene rings is 1. The molecule has 0 spiro atoms. The highest BCUT2D eigenvalue weighted by Crippen LogP contribution is 2.36. The van der Waals surface area contributed by atoms with Gasteiger partial charge in [0.25, 0.3) is 0 Å². The first-order valence-corrected chi connectivity index (χ1v) is 7.13. The molecule has 0 saturated heterocycles. The van der Waals surface area contributed by atoms with Crippen LogP contribution in [0.2, 0.25) is 0 Å². The second-order valence-electron chi connectivity index (χ2n) is 4.63. The summed E-state index contributed by atoms with van der Waals surface area (Å²) in [5, 5.41) is 9.13. The Kier molecular flexibility index (Phi) is 3.27. The fraction of sp³-hybridized carbons (Fsp3) is 0.417. The fourth-order valence-corrected chi connectivity index (χ4v) is 3.17. The Morgan fingerprint density at radius 2 is 2.11 bits per heavy atom. The third-order valence-electron chi connectivity index (χ3n) is 3.06. The number of aliphatic hydroxyl groups excluding tert-OH is 1. The van der Waals surface area contributed by atoms with Gasteiger partial charge in [0.05, 0.1) is 17.0 Å². The van der Waals surface area contributed by atoms with E-state index in [4.69, 9.17) is 5.11 Å². The van der Waals surface area contributed by atoms with Gasteiger partial charge in [-0.3, -0.25) is 4.79 Å². The lowest BCUT2D eigenvalue weighted by molar-refractivity contribution is 0.101. The lowest BCUT2D eigenvalue weighted by atomic mass is 10.2. The van der Waals surface area contributed by atoms with Gasteiger partial charge in [-0.15, -0.1) is 0 Å². The minimum absolute atomic E-state index is 0.0509. The predicted molar refractivity (Wildman–Crippen MR) is 65.8 cm³/mol. The number of rotatable bonds is 5. The van der Waals surface area contributed by atoms with Crippen LogP contribution in [-0.4, -0.2) is 31.5 Å². The molecule has 0 atom stereocenters. The monoisotopic (exact) mass is 269 g/mol. The van der Waals surface area contributed by atoms with E-state index in [2.05, 4.69) is 4.72 Å². The third kappa shape index (κ3) is 2.60. The number of nitrogens with one attached hydrogen (secondary N) is 1. The molecule has 0 aliphatic heterocycles. The molecule has 18 heavy (non-hydrogen) atoms. The van der Waals surface area contributed by atoms with E-state index in [0.717, 1.165) is 0 Å². The van der Waals surface area contributed by atoms with Gasteiger partial charge in [-0.2, -0.15) is 0 Å². The molecule has 98 valence electrons. The van der Waals surface area contributed by atoms with Crippen molar-refractivity contribution in [3.05, 3.63) is 29.8 Å². The van der Waals surface area contributed by atoms with E-state index in [9.17, 15) is 13.2 Å². The van der Waals surface area contributed by atoms with Gasteiger partial charge in [0.15, 0.2) is 5.78 Å². The topological polar surface area (TPSA) is 83.5 Å². The van der Waals surface area contributed by atoms with Gasteiger partial charge in [-0.25, -0.2) is 13.1 Å². The van der Waals surface area contributed by atoms with Gasteiger partial charge in [-0.1, -0.05) is 12.1 Å². The van der Waals surface area contributed by atoms with Gasteiger partial charge in [0.1, 0.15) is 0 Å². The highest BCUT2D eigenvalue weighted by molar-refractivity contribution is 7.89. The highest BCUT2D eigenvalue weighted by Gasteiger charge is 2.45. The summed E-state index contributed by atoms with van der Waals surface area (Å²) in [6, 6.07) is 5.88. The van der Waals surface area contributed by atoms with E-state index in [0.29, 0.717) is 18.4 Å². The summed E-state index contributed by atoms with van der Waals surface area (Å²) in [6.45, 7) is 1.17. The second kappa shape index (κ2) is 4.46. The minimum atomic E-state index is -3.69. The summed E-state index contributed by atoms with van der Waals surface area (Å²) in [5.74, 6) is -0.185. The van der Waals surface area contributed by atoms with Crippen LogP contribution in [0.5, 0.6) is 0 Å². The van der Waals surface area contributed by atoms with E-state index >= 15 is 0 Å². The van der Waals surface area contributed by atoms with Crippen LogP contribution < -0.4 is 4.72 Å². The van der Waals surface area contributed by atoms with Crippen molar-refractivity contribution in [2.45, 2.75) is 30.2 Å². The SMILES string of the molecule is CC(=O)c1cccc(S(=O)(=O)NC2(CO)CC2)c1. The fourth-order valence-electron chi connectivity index (χ4n) is 1.67. The second-order valence-corrected chi connectivity index (χ2v) is 6.31. The Morgan fingerprint density at radius 3 is 2.61 bits per heavy atom. The largest absolute Gasteiger partial charge is 0.394 e. The minimum Gasteiger partial charge on any atom is -0.394 e. The first-order valence-electron chi connectivity index (χ1n) is 5.64. The number of aliphatic hydroxyl groups is 1. The number of Topliss-reactive ketones (excluding diaryl/α,β-unsaturated/α-hetero) is 1. The Morgan fingerprint density at radius 1 is 1.44 bits per heavy atom. The first kappa shape index (κ1) is 13.2. The molecule has 2 rings (SSSR count). The van der Waals surface area contributed by atoms with Gasteiger partial charge in [0.2, 0.25) is 10.0 Å². The normalized spacial score (nSPS) is 17.4. The quantitative estimate of drug-likeness (QED) is 0.770. The summed E-state index contributed by atoms with van der Waals surface area (Å²) in [6.07, 6.45) is 1.27. The van der Waals surface area contributed by atoms with Crippen LogP contribution in [0.25, 0.3) is 0 Å². The Bertz CT molecular complexity index is 575. The molecular formula is C12H15NO4S. The molecule has 0 amide bonds. The van der Waals surface area contributed by atoms with E-state index in [1.807, 2.05) is 0 Å². The molecular weight excluding hydrogens is 254 g/mol. The highest BCUT2D eigenvalue weighted by atomic mass is 32.2. The van der Waals surface area contributed by atoms with Crippen LogP contribution in [0.3, 0.4) is 0 Å². The number of ketones is 1. The number of sulfonamides is 1. The number of carbonyl (C=O) groups excluding carboxylic acids is 1. The molecule has 1 aliphatic carbocycles. The molecule has 6 heteroatoms. The van der Waals surface area contributed by atoms with Crippen molar-refractivity contribution in [3.8, 4) is 0 Å². The molecule has 1 aromatic carbocycles. The number of hydrogen-bond acceptors (Lipinski definition) is 4. The van der Waals surface area contributed by atoms with Gasteiger partial charge in [0, 0.05) is 5.56 Å². The molecule has 2 N–H and O–H groups in total. The maximum Gasteiger partial charge on any atom is 0.241 e. The summed E-state index contributed by atoms with van der Waals surface area (Å²) in [4.78, 5) is 11.3. The van der Waals surface area contributed by atoms with Crippen molar-refractivity contribution < 1.29 is 18.3 Å². The Balaban J connectivity index is 2.30. The molecule has 1 aliphatic rings. The van der Waals surface area contributed by atoms with Crippen LogP contribution in [0.15, 0.2) is 29.2 Å². The zero-order chi connectivity index (χ0) is 13.4. The number of hydrogen-bond donors (Lipinski definition) is 2. The summed E-state index contributed by atoms with van der Waals surface area (Å²) in [5.41, 5.74) is -0.350. The third-order valence-corrected chi connectivity index (χ3v) is 4.63. The molecule has 5 nitrogen and oxygen atoms in total. The first-order chi connectivity index (χ1) is 8.38. The average molecular weight is 269 g/mol. The van der Waals surface area contributed by atoms with Crippen molar-refractivity contribution in [3.63, 3.8) is 0 Å². The summed E-state index contributed by atoms with van der Waals surface area (Å²) < 4.78 is 26.7. The average Bonchev–Trinajstić information content (AvgIpc) is 3.09. The predicted octanol–water partition coefficient (Wildman–Crippen LogP) is 0.692. The summed E-state index contributed by atoms with van der Waals surface area (Å²) >= 11 is 0. The van der Waals surface area contributed by atoms with Crippen molar-refractivity contribution in [2.75, 3.05) is 6.61 Å². The molecule has 0 unspecified atom stereocenters. The Hall–Kier alpha value is -1.24. The van der Waals surface area contributed by atoms with Crippen LogP contribution in [-0.2, 0) is 10.0 Å². The molecule has 1 saturated carbocycles. The van der Waals surface area contributed by atoms with E-state index in [1.54, 1.807) is 6.07 Å². The van der Waals surface area contributed by atoms with Gasteiger partial charge < -0.3 is 5.11 Å². The van der Waals surface area contributed by atoms with Crippen molar-refractivity contribution >= 4 is 15.8 Å². The van der Waals surface area contributed by atoms with E-state index < -0.39 is 15.6 Å². The van der Waals surface area contributed by atoms with E-state index in [1.165, 1.54) is 25.1 Å². The molecule has 0 radical (unpaired) electrons. The Labute approximate surface area is 106 Å². The van der Waals surface area contributed by atoms with Crippen molar-refractivity contribution in [1.82, 2.24) is 4.72 Å². The van der Waals surface area contributed by atoms with Crippen LogP contribution in [0.1, 0.15) is 30.1 Å². The van der Waals surface area contributed by atoms with Crippen LogP contribution >= 0.6 is 0 Å². The smallest absolute Gasteiger partial charge is 0.241 e. The van der Waals surface area contributed by atoms with Crippen LogP contribution in [0, 0.1) is 0 Å². The molecule has 0 aromatic heterocycles. The van der Waals surface area contributed by atoms with E-state index in [-0.39, 0.29) is 17.3 Å². The molecule has 0 bridgehead atoms. The summed E-state index contributed by atoms with van der Waals surface area (Å²) in [7, 11) is -3.69. The molecule has 0 heterocycles. The maximum absolute atomic E-state index is 12.1. The van der Waals surface area contributed by atoms with Gasteiger partial charge >= 0.3 is 0 Å². The zero-order valence-corrected chi connectivity index (χ0v) is 10.8. The lowest BCUT2D eigenvalue weighted by Crippen LogP contribution is -2.39. The maximum atomic E-state index is 12.1. The lowest BCUT2D eigenvalue weighted by Gasteiger charge is -2.14. The van der Waals surface area contributed by atoms with Gasteiger partial charge in [-0.05, 0) is 31.9 Å². The standard InChI is InChI=1S/C12H15NO4S/c1-9(15)10-3-2-4-11(7-10)18(16,17)13-12(8-14)5-6-12/h2-4,7,13-14H,5-6,8H2,1H3. The molecule has 1 fully saturated rings. The van der Waals surface area contributed by atoms with Crippen molar-refractivity contribution in [2.24, 2.45) is 0 Å². The zero-order valence-electron chi connectivity index (χ0n) is 10.0. The number of carbonyl (C=O) groups is 1.